The molecule has 1 fully saturated rings. The second-order valence-electron chi connectivity index (χ2n) is 7.94. The van der Waals surface area contributed by atoms with Gasteiger partial charge >= 0.3 is 0 Å². The Morgan fingerprint density at radius 2 is 1.90 bits per heavy atom. The van der Waals surface area contributed by atoms with Gasteiger partial charge in [-0.05, 0) is 25.3 Å². The minimum Gasteiger partial charge on any atom is -0.445 e. The third-order valence-electron chi connectivity index (χ3n) is 5.91. The van der Waals surface area contributed by atoms with E-state index in [1.807, 2.05) is 30.0 Å². The third-order valence-corrected chi connectivity index (χ3v) is 5.91. The first-order chi connectivity index (χ1) is 14.6. The molecule has 2 amide bonds. The Kier molecular flexibility index (Phi) is 6.47. The van der Waals surface area contributed by atoms with E-state index in [1.165, 1.54) is 0 Å². The Morgan fingerprint density at radius 1 is 1.13 bits per heavy atom. The van der Waals surface area contributed by atoms with Crippen molar-refractivity contribution in [2.75, 3.05) is 32.8 Å². The van der Waals surface area contributed by atoms with Crippen molar-refractivity contribution in [3.63, 3.8) is 0 Å². The van der Waals surface area contributed by atoms with Crippen LogP contribution in [0.1, 0.15) is 42.7 Å². The van der Waals surface area contributed by atoms with E-state index in [2.05, 4.69) is 17.1 Å². The highest BCUT2D eigenvalue weighted by atomic mass is 16.5. The molecule has 1 aromatic carbocycles. The molecular formula is C23H29N3O4. The maximum absolute atomic E-state index is 13.0. The summed E-state index contributed by atoms with van der Waals surface area (Å²) in [5.41, 5.74) is 2.04. The van der Waals surface area contributed by atoms with Crippen LogP contribution in [-0.4, -0.2) is 59.4 Å². The van der Waals surface area contributed by atoms with Crippen molar-refractivity contribution in [3.8, 4) is 0 Å². The first-order valence-electron chi connectivity index (χ1n) is 10.8. The standard InChI is InChI=1S/C23H29N3O4/c1-2-29-16-22(27)25-11-8-18(9-12-25)23(28)26-13-10-20-19(15-26)24-21(30-20)14-17-6-4-3-5-7-17/h3-7,18H,2,8-16H2,1H3. The van der Waals surface area contributed by atoms with Gasteiger partial charge in [-0.2, -0.15) is 0 Å². The molecule has 160 valence electrons. The zero-order valence-corrected chi connectivity index (χ0v) is 17.5. The number of aromatic nitrogens is 1. The van der Waals surface area contributed by atoms with Crippen LogP contribution in [0.3, 0.4) is 0 Å². The van der Waals surface area contributed by atoms with Gasteiger partial charge in [0, 0.05) is 45.0 Å². The zero-order chi connectivity index (χ0) is 20.9. The maximum atomic E-state index is 13.0. The van der Waals surface area contributed by atoms with Gasteiger partial charge in [-0.3, -0.25) is 9.59 Å². The number of piperidine rings is 1. The molecule has 7 nitrogen and oxygen atoms in total. The van der Waals surface area contributed by atoms with Crippen molar-refractivity contribution in [3.05, 3.63) is 53.2 Å². The van der Waals surface area contributed by atoms with Crippen LogP contribution in [0.25, 0.3) is 0 Å². The number of likely N-dealkylation sites (tertiary alicyclic amines) is 1. The largest absolute Gasteiger partial charge is 0.445 e. The lowest BCUT2D eigenvalue weighted by atomic mass is 9.94. The molecule has 3 heterocycles. The lowest BCUT2D eigenvalue weighted by Gasteiger charge is -2.35. The Hall–Kier alpha value is -2.67. The summed E-state index contributed by atoms with van der Waals surface area (Å²) in [5, 5.41) is 0. The van der Waals surface area contributed by atoms with E-state index in [0.717, 1.165) is 17.0 Å². The summed E-state index contributed by atoms with van der Waals surface area (Å²) < 4.78 is 11.2. The van der Waals surface area contributed by atoms with Crippen LogP contribution in [0.2, 0.25) is 0 Å². The fourth-order valence-electron chi connectivity index (χ4n) is 4.20. The lowest BCUT2D eigenvalue weighted by Crippen LogP contribution is -2.46. The summed E-state index contributed by atoms with van der Waals surface area (Å²) in [6.07, 6.45) is 2.78. The second kappa shape index (κ2) is 9.43. The van der Waals surface area contributed by atoms with Crippen LogP contribution >= 0.6 is 0 Å². The fourth-order valence-corrected chi connectivity index (χ4v) is 4.20. The van der Waals surface area contributed by atoms with E-state index in [9.17, 15) is 9.59 Å². The van der Waals surface area contributed by atoms with E-state index < -0.39 is 0 Å². The number of rotatable bonds is 6. The van der Waals surface area contributed by atoms with Crippen molar-refractivity contribution >= 4 is 11.8 Å². The molecule has 1 aromatic heterocycles. The first kappa shape index (κ1) is 20.6. The molecule has 0 bridgehead atoms. The number of carbonyl (C=O) groups excluding carboxylic acids is 2. The molecule has 1 saturated heterocycles. The molecule has 4 rings (SSSR count). The summed E-state index contributed by atoms with van der Waals surface area (Å²) in [4.78, 5) is 33.5. The molecule has 7 heteroatoms. The fraction of sp³-hybridized carbons (Fsp3) is 0.522. The summed E-state index contributed by atoms with van der Waals surface area (Å²) in [6, 6.07) is 10.1. The molecule has 2 aliphatic heterocycles. The number of ether oxygens (including phenoxy) is 1. The van der Waals surface area contributed by atoms with Crippen LogP contribution in [0.4, 0.5) is 0 Å². The first-order valence-corrected chi connectivity index (χ1v) is 10.8. The van der Waals surface area contributed by atoms with Crippen LogP contribution in [0, 0.1) is 5.92 Å². The Morgan fingerprint density at radius 3 is 2.63 bits per heavy atom. The Balaban J connectivity index is 1.31. The highest BCUT2D eigenvalue weighted by Gasteiger charge is 2.33. The van der Waals surface area contributed by atoms with E-state index in [0.29, 0.717) is 64.4 Å². The average Bonchev–Trinajstić information content (AvgIpc) is 3.19. The van der Waals surface area contributed by atoms with Gasteiger partial charge in [0.15, 0.2) is 5.89 Å². The van der Waals surface area contributed by atoms with Crippen molar-refractivity contribution in [2.24, 2.45) is 5.92 Å². The van der Waals surface area contributed by atoms with Gasteiger partial charge in [-0.15, -0.1) is 0 Å². The molecule has 0 spiro atoms. The van der Waals surface area contributed by atoms with Gasteiger partial charge in [0.25, 0.3) is 0 Å². The lowest BCUT2D eigenvalue weighted by molar-refractivity contribution is -0.143. The summed E-state index contributed by atoms with van der Waals surface area (Å²) in [6.45, 7) is 4.94. The molecule has 0 unspecified atom stereocenters. The maximum Gasteiger partial charge on any atom is 0.248 e. The van der Waals surface area contributed by atoms with Crippen LogP contribution in [0.5, 0.6) is 0 Å². The van der Waals surface area contributed by atoms with Crippen molar-refractivity contribution in [2.45, 2.75) is 39.2 Å². The van der Waals surface area contributed by atoms with Gasteiger partial charge in [-0.25, -0.2) is 4.98 Å². The molecular weight excluding hydrogens is 382 g/mol. The molecule has 0 N–H and O–H groups in total. The van der Waals surface area contributed by atoms with Crippen molar-refractivity contribution < 1.29 is 18.7 Å². The molecule has 0 saturated carbocycles. The zero-order valence-electron chi connectivity index (χ0n) is 17.5. The van der Waals surface area contributed by atoms with E-state index in [1.54, 1.807) is 4.90 Å². The van der Waals surface area contributed by atoms with Crippen molar-refractivity contribution in [1.82, 2.24) is 14.8 Å². The smallest absolute Gasteiger partial charge is 0.248 e. The Bertz CT molecular complexity index is 872. The van der Waals surface area contributed by atoms with Gasteiger partial charge < -0.3 is 19.0 Å². The van der Waals surface area contributed by atoms with Crippen molar-refractivity contribution in [1.29, 1.82) is 0 Å². The monoisotopic (exact) mass is 411 g/mol. The predicted octanol–water partition coefficient (Wildman–Crippen LogP) is 2.43. The Labute approximate surface area is 177 Å². The van der Waals surface area contributed by atoms with Gasteiger partial charge in [0.2, 0.25) is 11.8 Å². The van der Waals surface area contributed by atoms with Gasteiger partial charge in [0.1, 0.15) is 18.1 Å². The van der Waals surface area contributed by atoms with Gasteiger partial charge in [0.05, 0.1) is 6.54 Å². The molecule has 0 radical (unpaired) electrons. The molecule has 2 aromatic rings. The molecule has 30 heavy (non-hydrogen) atoms. The predicted molar refractivity (Wildman–Crippen MR) is 111 cm³/mol. The van der Waals surface area contributed by atoms with Gasteiger partial charge in [-0.1, -0.05) is 30.3 Å². The number of oxazole rings is 1. The normalized spacial score (nSPS) is 17.1. The van der Waals surface area contributed by atoms with Crippen LogP contribution in [0.15, 0.2) is 34.7 Å². The summed E-state index contributed by atoms with van der Waals surface area (Å²) in [7, 11) is 0. The number of fused-ring (bicyclic) bond motifs is 1. The molecule has 0 atom stereocenters. The quantitative estimate of drug-likeness (QED) is 0.730. The van der Waals surface area contributed by atoms with Crippen LogP contribution in [-0.2, 0) is 33.7 Å². The minimum atomic E-state index is -0.0293. The van der Waals surface area contributed by atoms with E-state index in [4.69, 9.17) is 9.15 Å². The number of carbonyl (C=O) groups is 2. The summed E-state index contributed by atoms with van der Waals surface area (Å²) in [5.74, 6) is 1.77. The number of hydrogen-bond acceptors (Lipinski definition) is 5. The summed E-state index contributed by atoms with van der Waals surface area (Å²) >= 11 is 0. The van der Waals surface area contributed by atoms with E-state index in [-0.39, 0.29) is 24.3 Å². The second-order valence-corrected chi connectivity index (χ2v) is 7.94. The van der Waals surface area contributed by atoms with E-state index >= 15 is 0 Å². The molecule has 0 aliphatic carbocycles. The minimum absolute atomic E-state index is 0.0129. The highest BCUT2D eigenvalue weighted by molar-refractivity contribution is 5.80. The number of benzene rings is 1. The third kappa shape index (κ3) is 4.73. The SMILES string of the molecule is CCOCC(=O)N1CCC(C(=O)N2CCc3oc(Cc4ccccc4)nc3C2)CC1. The average molecular weight is 412 g/mol. The topological polar surface area (TPSA) is 75.9 Å². The number of amides is 2. The number of nitrogens with zero attached hydrogens (tertiary/aromatic N) is 3. The highest BCUT2D eigenvalue weighted by Crippen LogP contribution is 2.26. The molecule has 2 aliphatic rings. The van der Waals surface area contributed by atoms with Crippen LogP contribution < -0.4 is 0 Å². The number of hydrogen-bond donors (Lipinski definition) is 0.